The van der Waals surface area contributed by atoms with Crippen molar-refractivity contribution in [1.82, 2.24) is 14.7 Å². The van der Waals surface area contributed by atoms with Gasteiger partial charge >= 0.3 is 0 Å². The molecule has 7 heteroatoms. The summed E-state index contributed by atoms with van der Waals surface area (Å²) in [5, 5.41) is 0. The van der Waals surface area contributed by atoms with E-state index >= 15 is 0 Å². The molecule has 2 aromatic rings. The van der Waals surface area contributed by atoms with Crippen LogP contribution in [-0.4, -0.2) is 80.7 Å². The van der Waals surface area contributed by atoms with E-state index < -0.39 is 0 Å². The number of hydrogen-bond acceptors (Lipinski definition) is 6. The Kier molecular flexibility index (Phi) is 7.95. The Morgan fingerprint density at radius 2 is 1.59 bits per heavy atom. The van der Waals surface area contributed by atoms with Gasteiger partial charge in [-0.1, -0.05) is 12.1 Å². The van der Waals surface area contributed by atoms with Crippen LogP contribution in [0.3, 0.4) is 0 Å². The second kappa shape index (κ2) is 11.1. The molecule has 2 aromatic carbocycles. The van der Waals surface area contributed by atoms with Gasteiger partial charge in [-0.25, -0.2) is 0 Å². The molecule has 34 heavy (non-hydrogen) atoms. The van der Waals surface area contributed by atoms with Crippen molar-refractivity contribution in [2.75, 3.05) is 54.1 Å². The molecule has 4 rings (SSSR count). The number of ether oxygens (including phenoxy) is 3. The average Bonchev–Trinajstić information content (AvgIpc) is 3.71. The van der Waals surface area contributed by atoms with E-state index in [1.807, 2.05) is 23.1 Å². The summed E-state index contributed by atoms with van der Waals surface area (Å²) in [5.74, 6) is 2.62. The molecule has 0 unspecified atom stereocenters. The number of piperazine rings is 1. The molecule has 1 amide bonds. The molecule has 0 bridgehead atoms. The number of nitrogens with zero attached hydrogens (tertiary/aromatic N) is 3. The van der Waals surface area contributed by atoms with Crippen LogP contribution in [0, 0.1) is 6.92 Å². The molecule has 2 aliphatic rings. The number of carbonyl (C=O) groups is 1. The van der Waals surface area contributed by atoms with Crippen LogP contribution in [0.25, 0.3) is 0 Å². The predicted molar refractivity (Wildman–Crippen MR) is 133 cm³/mol. The third-order valence-corrected chi connectivity index (χ3v) is 6.91. The average molecular weight is 468 g/mol. The van der Waals surface area contributed by atoms with Crippen LogP contribution in [0.2, 0.25) is 0 Å². The summed E-state index contributed by atoms with van der Waals surface area (Å²) >= 11 is 0. The lowest BCUT2D eigenvalue weighted by molar-refractivity contribution is -0.134. The van der Waals surface area contributed by atoms with E-state index in [-0.39, 0.29) is 5.91 Å². The highest BCUT2D eigenvalue weighted by molar-refractivity contribution is 5.78. The van der Waals surface area contributed by atoms with Gasteiger partial charge in [-0.2, -0.15) is 0 Å². The van der Waals surface area contributed by atoms with E-state index in [0.717, 1.165) is 56.5 Å². The lowest BCUT2D eigenvalue weighted by Gasteiger charge is -2.36. The summed E-state index contributed by atoms with van der Waals surface area (Å²) in [5.41, 5.74) is 3.64. The minimum Gasteiger partial charge on any atom is -0.497 e. The van der Waals surface area contributed by atoms with Gasteiger partial charge in [0.1, 0.15) is 5.75 Å². The Morgan fingerprint density at radius 1 is 0.941 bits per heavy atom. The highest BCUT2D eigenvalue weighted by Crippen LogP contribution is 2.31. The molecule has 0 spiro atoms. The molecule has 0 N–H and O–H groups in total. The van der Waals surface area contributed by atoms with Gasteiger partial charge in [-0.3, -0.25) is 14.6 Å². The number of aryl methyl sites for hydroxylation is 1. The first-order valence-corrected chi connectivity index (χ1v) is 12.1. The number of amides is 1. The molecular weight excluding hydrogens is 430 g/mol. The second-order valence-electron chi connectivity index (χ2n) is 9.27. The van der Waals surface area contributed by atoms with Crippen molar-refractivity contribution in [3.05, 3.63) is 53.1 Å². The van der Waals surface area contributed by atoms with Crippen LogP contribution >= 0.6 is 0 Å². The maximum Gasteiger partial charge on any atom is 0.236 e. The molecule has 184 valence electrons. The topological polar surface area (TPSA) is 54.5 Å². The summed E-state index contributed by atoms with van der Waals surface area (Å²) in [6.07, 6.45) is 2.36. The lowest BCUT2D eigenvalue weighted by atomic mass is 10.1. The van der Waals surface area contributed by atoms with Gasteiger partial charge in [0.15, 0.2) is 11.5 Å². The fourth-order valence-corrected chi connectivity index (χ4v) is 4.58. The third-order valence-electron chi connectivity index (χ3n) is 6.91. The molecule has 1 saturated heterocycles. The van der Waals surface area contributed by atoms with Crippen molar-refractivity contribution in [3.8, 4) is 17.2 Å². The summed E-state index contributed by atoms with van der Waals surface area (Å²) in [6.45, 7) is 7.54. The summed E-state index contributed by atoms with van der Waals surface area (Å²) in [6, 6.07) is 12.8. The van der Waals surface area contributed by atoms with E-state index in [1.54, 1.807) is 21.3 Å². The monoisotopic (exact) mass is 467 g/mol. The highest BCUT2D eigenvalue weighted by atomic mass is 16.5. The minimum absolute atomic E-state index is 0.238. The summed E-state index contributed by atoms with van der Waals surface area (Å²) < 4.78 is 16.2. The van der Waals surface area contributed by atoms with Crippen LogP contribution in [-0.2, 0) is 17.9 Å². The van der Waals surface area contributed by atoms with E-state index in [1.165, 1.54) is 29.5 Å². The standard InChI is InChI=1S/C27H37N3O4/c1-20-15-25(33-3)26(34-4)16-22(20)18-28-11-13-29(14-12-28)27(31)19-30(23-7-8-23)17-21-5-9-24(32-2)10-6-21/h5-6,9-10,15-16,23H,7-8,11-14,17-19H2,1-4H3. The highest BCUT2D eigenvalue weighted by Gasteiger charge is 2.32. The Balaban J connectivity index is 1.29. The number of methoxy groups -OCH3 is 3. The van der Waals surface area contributed by atoms with Crippen LogP contribution in [0.4, 0.5) is 0 Å². The zero-order chi connectivity index (χ0) is 24.1. The molecule has 1 saturated carbocycles. The largest absolute Gasteiger partial charge is 0.497 e. The Morgan fingerprint density at radius 3 is 2.18 bits per heavy atom. The lowest BCUT2D eigenvalue weighted by Crippen LogP contribution is -2.51. The van der Waals surface area contributed by atoms with Crippen molar-refractivity contribution in [3.63, 3.8) is 0 Å². The van der Waals surface area contributed by atoms with Crippen LogP contribution in [0.5, 0.6) is 17.2 Å². The Labute approximate surface area is 203 Å². The van der Waals surface area contributed by atoms with Crippen molar-refractivity contribution in [1.29, 1.82) is 0 Å². The van der Waals surface area contributed by atoms with Crippen LogP contribution < -0.4 is 14.2 Å². The van der Waals surface area contributed by atoms with Crippen LogP contribution in [0.15, 0.2) is 36.4 Å². The molecule has 1 aliphatic heterocycles. The van der Waals surface area contributed by atoms with Crippen molar-refractivity contribution < 1.29 is 19.0 Å². The zero-order valence-electron chi connectivity index (χ0n) is 20.9. The fourth-order valence-electron chi connectivity index (χ4n) is 4.58. The molecule has 0 radical (unpaired) electrons. The maximum atomic E-state index is 13.1. The first kappa shape index (κ1) is 24.4. The quantitative estimate of drug-likeness (QED) is 0.534. The fraction of sp³-hybridized carbons (Fsp3) is 0.519. The summed E-state index contributed by atoms with van der Waals surface area (Å²) in [7, 11) is 5.01. The zero-order valence-corrected chi connectivity index (χ0v) is 20.9. The van der Waals surface area contributed by atoms with Gasteiger partial charge in [0, 0.05) is 45.3 Å². The molecule has 2 fully saturated rings. The van der Waals surface area contributed by atoms with Crippen molar-refractivity contribution in [2.45, 2.75) is 38.9 Å². The van der Waals surface area contributed by atoms with E-state index in [4.69, 9.17) is 14.2 Å². The van der Waals surface area contributed by atoms with Gasteiger partial charge in [0.25, 0.3) is 0 Å². The SMILES string of the molecule is COc1ccc(CN(CC(=O)N2CCN(Cc3cc(OC)c(OC)cc3C)CC2)C2CC2)cc1. The van der Waals surface area contributed by atoms with E-state index in [9.17, 15) is 4.79 Å². The van der Waals surface area contributed by atoms with E-state index in [2.05, 4.69) is 34.9 Å². The molecule has 7 nitrogen and oxygen atoms in total. The Hall–Kier alpha value is -2.77. The van der Waals surface area contributed by atoms with Gasteiger partial charge in [-0.05, 0) is 60.7 Å². The minimum atomic E-state index is 0.238. The molecule has 1 heterocycles. The Bertz CT molecular complexity index is 967. The first-order valence-electron chi connectivity index (χ1n) is 12.1. The molecule has 1 aliphatic carbocycles. The maximum absolute atomic E-state index is 13.1. The van der Waals surface area contributed by atoms with Crippen LogP contribution in [0.1, 0.15) is 29.5 Å². The van der Waals surface area contributed by atoms with E-state index in [0.29, 0.717) is 12.6 Å². The number of rotatable bonds is 10. The van der Waals surface area contributed by atoms with Crippen molar-refractivity contribution in [2.24, 2.45) is 0 Å². The van der Waals surface area contributed by atoms with Gasteiger partial charge in [0.05, 0.1) is 27.9 Å². The molecule has 0 aromatic heterocycles. The number of benzene rings is 2. The first-order chi connectivity index (χ1) is 16.5. The second-order valence-corrected chi connectivity index (χ2v) is 9.27. The van der Waals surface area contributed by atoms with Crippen molar-refractivity contribution >= 4 is 5.91 Å². The van der Waals surface area contributed by atoms with Gasteiger partial charge < -0.3 is 19.1 Å². The smallest absolute Gasteiger partial charge is 0.236 e. The summed E-state index contributed by atoms with van der Waals surface area (Å²) in [4.78, 5) is 19.9. The number of carbonyl (C=O) groups excluding carboxylic acids is 1. The van der Waals surface area contributed by atoms with Gasteiger partial charge in [-0.15, -0.1) is 0 Å². The third kappa shape index (κ3) is 6.02. The van der Waals surface area contributed by atoms with Gasteiger partial charge in [0.2, 0.25) is 5.91 Å². The molecule has 0 atom stereocenters. The molecular formula is C27H37N3O4. The predicted octanol–water partition coefficient (Wildman–Crippen LogP) is 3.33. The number of hydrogen-bond donors (Lipinski definition) is 0. The normalized spacial score (nSPS) is 16.6.